The second kappa shape index (κ2) is 5.62. The number of aryl methyl sites for hydroxylation is 1. The second-order valence-corrected chi connectivity index (χ2v) is 6.10. The summed E-state index contributed by atoms with van der Waals surface area (Å²) in [4.78, 5) is 4.85. The maximum Gasteiger partial charge on any atom is 0.0962 e. The van der Waals surface area contributed by atoms with Gasteiger partial charge in [0, 0.05) is 5.69 Å². The van der Waals surface area contributed by atoms with Crippen molar-refractivity contribution < 1.29 is 5.11 Å². The van der Waals surface area contributed by atoms with Crippen LogP contribution in [0.1, 0.15) is 79.6 Å². The Morgan fingerprint density at radius 1 is 1.11 bits per heavy atom. The highest BCUT2D eigenvalue weighted by Crippen LogP contribution is 2.36. The Kier molecular flexibility index (Phi) is 3.88. The molecule has 0 fully saturated rings. The summed E-state index contributed by atoms with van der Waals surface area (Å²) < 4.78 is 0. The van der Waals surface area contributed by atoms with Crippen LogP contribution >= 0.6 is 0 Å². The van der Waals surface area contributed by atoms with Crippen LogP contribution in [0.5, 0.6) is 0 Å². The number of nitrogens with zero attached hydrogens (tertiary/aromatic N) is 1. The van der Waals surface area contributed by atoms with Gasteiger partial charge in [-0.1, -0.05) is 13.3 Å². The van der Waals surface area contributed by atoms with Gasteiger partial charge in [-0.25, -0.2) is 0 Å². The molecule has 0 aromatic carbocycles. The highest BCUT2D eigenvalue weighted by molar-refractivity contribution is 5.43. The molecule has 1 aromatic heterocycles. The van der Waals surface area contributed by atoms with E-state index in [2.05, 4.69) is 6.92 Å². The summed E-state index contributed by atoms with van der Waals surface area (Å²) in [5.74, 6) is 0. The predicted octanol–water partition coefficient (Wildman–Crippen LogP) is 3.67. The van der Waals surface area contributed by atoms with E-state index in [1.807, 2.05) is 0 Å². The largest absolute Gasteiger partial charge is 0.387 e. The van der Waals surface area contributed by atoms with E-state index in [4.69, 9.17) is 4.98 Å². The number of fused-ring (bicyclic) bond motifs is 2. The molecule has 3 rings (SSSR count). The van der Waals surface area contributed by atoms with Gasteiger partial charge in [0.05, 0.1) is 11.8 Å². The third-order valence-corrected chi connectivity index (χ3v) is 4.73. The van der Waals surface area contributed by atoms with Crippen LogP contribution in [0, 0.1) is 0 Å². The summed E-state index contributed by atoms with van der Waals surface area (Å²) >= 11 is 0. The number of hydrogen-bond acceptors (Lipinski definition) is 2. The molecule has 2 aliphatic rings. The Bertz CT molecular complexity index is 467. The number of aliphatic hydroxyl groups excluding tert-OH is 1. The van der Waals surface area contributed by atoms with Crippen molar-refractivity contribution in [3.8, 4) is 0 Å². The molecule has 104 valence electrons. The first-order chi connectivity index (χ1) is 9.31. The Hall–Kier alpha value is -0.890. The molecule has 0 radical (unpaired) electrons. The maximum absolute atomic E-state index is 10.3. The molecular weight excluding hydrogens is 234 g/mol. The average Bonchev–Trinajstić information content (AvgIpc) is 2.44. The SMILES string of the molecule is CCCCc1c2c(nc3c1CCCC3O)CCCC2. The van der Waals surface area contributed by atoms with Crippen LogP contribution in [-0.4, -0.2) is 10.1 Å². The zero-order chi connectivity index (χ0) is 13.2. The standard InChI is InChI=1S/C17H25NO/c1-2-3-7-12-13-8-4-5-10-15(13)18-17-14(12)9-6-11-16(17)19/h16,19H,2-11H2,1H3. The fraction of sp³-hybridized carbons (Fsp3) is 0.706. The Labute approximate surface area is 116 Å². The van der Waals surface area contributed by atoms with Crippen LogP contribution in [0.2, 0.25) is 0 Å². The first-order valence-corrected chi connectivity index (χ1v) is 8.02. The van der Waals surface area contributed by atoms with Crippen LogP contribution in [0.15, 0.2) is 0 Å². The molecule has 1 atom stereocenters. The van der Waals surface area contributed by atoms with Crippen molar-refractivity contribution >= 4 is 0 Å². The minimum absolute atomic E-state index is 0.309. The topological polar surface area (TPSA) is 33.1 Å². The van der Waals surface area contributed by atoms with Crippen LogP contribution in [0.3, 0.4) is 0 Å². The third kappa shape index (κ3) is 2.43. The second-order valence-electron chi connectivity index (χ2n) is 6.10. The zero-order valence-electron chi connectivity index (χ0n) is 12.0. The van der Waals surface area contributed by atoms with Crippen molar-refractivity contribution in [3.05, 3.63) is 28.1 Å². The summed E-state index contributed by atoms with van der Waals surface area (Å²) in [7, 11) is 0. The van der Waals surface area contributed by atoms with Gasteiger partial charge in [-0.3, -0.25) is 4.98 Å². The summed E-state index contributed by atoms with van der Waals surface area (Å²) in [5, 5.41) is 10.3. The van der Waals surface area contributed by atoms with Crippen LogP contribution in [0.25, 0.3) is 0 Å². The van der Waals surface area contributed by atoms with Gasteiger partial charge in [-0.05, 0) is 74.5 Å². The summed E-state index contributed by atoms with van der Waals surface area (Å²) in [6.45, 7) is 2.26. The molecule has 0 saturated carbocycles. The van der Waals surface area contributed by atoms with Gasteiger partial charge in [-0.15, -0.1) is 0 Å². The lowest BCUT2D eigenvalue weighted by Crippen LogP contribution is -2.20. The predicted molar refractivity (Wildman–Crippen MR) is 77.4 cm³/mol. The smallest absolute Gasteiger partial charge is 0.0962 e. The normalized spacial score (nSPS) is 21.9. The summed E-state index contributed by atoms with van der Waals surface area (Å²) in [6, 6.07) is 0. The van der Waals surface area contributed by atoms with Gasteiger partial charge in [0.25, 0.3) is 0 Å². The molecule has 19 heavy (non-hydrogen) atoms. The van der Waals surface area contributed by atoms with Crippen LogP contribution in [0.4, 0.5) is 0 Å². The van der Waals surface area contributed by atoms with Crippen molar-refractivity contribution in [3.63, 3.8) is 0 Å². The number of aromatic nitrogens is 1. The Balaban J connectivity index is 2.09. The van der Waals surface area contributed by atoms with Crippen molar-refractivity contribution in [1.29, 1.82) is 0 Å². The molecule has 1 aromatic rings. The molecule has 0 spiro atoms. The minimum Gasteiger partial charge on any atom is -0.387 e. The minimum atomic E-state index is -0.309. The quantitative estimate of drug-likeness (QED) is 0.898. The summed E-state index contributed by atoms with van der Waals surface area (Å²) in [6.07, 6.45) is 11.4. The molecule has 1 N–H and O–H groups in total. The Morgan fingerprint density at radius 2 is 1.89 bits per heavy atom. The molecule has 2 aliphatic carbocycles. The first-order valence-electron chi connectivity index (χ1n) is 8.02. The lowest BCUT2D eigenvalue weighted by atomic mass is 9.82. The van der Waals surface area contributed by atoms with E-state index in [1.54, 1.807) is 11.1 Å². The van der Waals surface area contributed by atoms with Crippen molar-refractivity contribution in [1.82, 2.24) is 4.98 Å². The fourth-order valence-electron chi connectivity index (χ4n) is 3.71. The highest BCUT2D eigenvalue weighted by atomic mass is 16.3. The van der Waals surface area contributed by atoms with Crippen molar-refractivity contribution in [2.75, 3.05) is 0 Å². The fourth-order valence-corrected chi connectivity index (χ4v) is 3.71. The molecule has 0 saturated heterocycles. The van der Waals surface area contributed by atoms with E-state index in [1.165, 1.54) is 49.8 Å². The number of rotatable bonds is 3. The molecule has 1 heterocycles. The van der Waals surface area contributed by atoms with E-state index >= 15 is 0 Å². The number of aliphatic hydroxyl groups is 1. The monoisotopic (exact) mass is 259 g/mol. The number of unbranched alkanes of at least 4 members (excludes halogenated alkanes) is 1. The summed E-state index contributed by atoms with van der Waals surface area (Å²) in [5.41, 5.74) is 6.86. The van der Waals surface area contributed by atoms with Gasteiger partial charge in [0.2, 0.25) is 0 Å². The zero-order valence-corrected chi connectivity index (χ0v) is 12.0. The molecule has 2 nitrogen and oxygen atoms in total. The number of pyridine rings is 1. The van der Waals surface area contributed by atoms with Gasteiger partial charge in [0.15, 0.2) is 0 Å². The lowest BCUT2D eigenvalue weighted by molar-refractivity contribution is 0.150. The van der Waals surface area contributed by atoms with E-state index in [0.29, 0.717) is 0 Å². The van der Waals surface area contributed by atoms with Crippen molar-refractivity contribution in [2.45, 2.75) is 77.2 Å². The van der Waals surface area contributed by atoms with Gasteiger partial charge >= 0.3 is 0 Å². The van der Waals surface area contributed by atoms with E-state index < -0.39 is 0 Å². The maximum atomic E-state index is 10.3. The van der Waals surface area contributed by atoms with Crippen LogP contribution < -0.4 is 0 Å². The first kappa shape index (κ1) is 13.1. The third-order valence-electron chi connectivity index (χ3n) is 4.73. The molecule has 2 heteroatoms. The molecular formula is C17H25NO. The average molecular weight is 259 g/mol. The molecule has 0 aliphatic heterocycles. The van der Waals surface area contributed by atoms with Gasteiger partial charge in [-0.2, -0.15) is 0 Å². The molecule has 0 bridgehead atoms. The lowest BCUT2D eigenvalue weighted by Gasteiger charge is -2.28. The van der Waals surface area contributed by atoms with E-state index in [9.17, 15) is 5.11 Å². The number of hydrogen-bond donors (Lipinski definition) is 1. The Morgan fingerprint density at radius 3 is 2.74 bits per heavy atom. The van der Waals surface area contributed by atoms with Gasteiger partial charge in [0.1, 0.15) is 0 Å². The highest BCUT2D eigenvalue weighted by Gasteiger charge is 2.26. The van der Waals surface area contributed by atoms with Crippen molar-refractivity contribution in [2.24, 2.45) is 0 Å². The molecule has 1 unspecified atom stereocenters. The van der Waals surface area contributed by atoms with E-state index in [-0.39, 0.29) is 6.10 Å². The van der Waals surface area contributed by atoms with E-state index in [0.717, 1.165) is 31.4 Å². The van der Waals surface area contributed by atoms with Gasteiger partial charge < -0.3 is 5.11 Å². The van der Waals surface area contributed by atoms with Crippen LogP contribution in [-0.2, 0) is 25.7 Å². The molecule has 0 amide bonds.